The molecule has 0 saturated heterocycles. The van der Waals surface area contributed by atoms with Crippen LogP contribution in [0.25, 0.3) is 5.57 Å². The molecule has 0 atom stereocenters. The zero-order chi connectivity index (χ0) is 14.2. The highest BCUT2D eigenvalue weighted by molar-refractivity contribution is 5.90. The molecule has 102 valence electrons. The zero-order valence-electron chi connectivity index (χ0n) is 13.0. The molecular formula is C18H25N. The summed E-state index contributed by atoms with van der Waals surface area (Å²) in [6, 6.07) is 8.65. The van der Waals surface area contributed by atoms with Crippen molar-refractivity contribution in [3.63, 3.8) is 0 Å². The van der Waals surface area contributed by atoms with E-state index in [1.165, 1.54) is 33.5 Å². The van der Waals surface area contributed by atoms with Crippen molar-refractivity contribution < 1.29 is 0 Å². The van der Waals surface area contributed by atoms with E-state index in [9.17, 15) is 0 Å². The summed E-state index contributed by atoms with van der Waals surface area (Å²) in [5.74, 6) is 0. The third kappa shape index (κ3) is 2.91. The van der Waals surface area contributed by atoms with Crippen LogP contribution in [0.5, 0.6) is 0 Å². The Balaban J connectivity index is 2.50. The van der Waals surface area contributed by atoms with Crippen molar-refractivity contribution in [2.24, 2.45) is 0 Å². The van der Waals surface area contributed by atoms with Crippen LogP contribution in [0.4, 0.5) is 5.69 Å². The number of benzene rings is 1. The first-order chi connectivity index (χ1) is 8.79. The summed E-state index contributed by atoms with van der Waals surface area (Å²) in [4.78, 5) is 0. The highest BCUT2D eigenvalue weighted by Crippen LogP contribution is 2.41. The molecule has 1 aliphatic carbocycles. The van der Waals surface area contributed by atoms with Gasteiger partial charge in [-0.05, 0) is 65.2 Å². The molecule has 1 nitrogen and oxygen atoms in total. The molecule has 0 aromatic heterocycles. The molecule has 1 heteroatoms. The van der Waals surface area contributed by atoms with Crippen molar-refractivity contribution in [2.75, 3.05) is 5.32 Å². The van der Waals surface area contributed by atoms with E-state index in [2.05, 4.69) is 71.1 Å². The van der Waals surface area contributed by atoms with Gasteiger partial charge in [0.05, 0.1) is 0 Å². The normalized spacial score (nSPS) is 16.3. The molecule has 1 aromatic rings. The van der Waals surface area contributed by atoms with Crippen LogP contribution in [0.2, 0.25) is 0 Å². The summed E-state index contributed by atoms with van der Waals surface area (Å²) in [5.41, 5.74) is 8.51. The molecule has 0 spiro atoms. The molecule has 1 aromatic carbocycles. The fourth-order valence-corrected chi connectivity index (χ4v) is 2.80. The minimum Gasteiger partial charge on any atom is -0.380 e. The van der Waals surface area contributed by atoms with Crippen LogP contribution in [0, 0.1) is 0 Å². The standard InChI is InChI=1S/C18H25N/c1-12-11-13(2)17(14(12)3)15-9-7-8-10-16(15)19-18(4,5)6/h7-10,19H,11H2,1-6H3. The Morgan fingerprint density at radius 1 is 0.947 bits per heavy atom. The Morgan fingerprint density at radius 3 is 2.11 bits per heavy atom. The summed E-state index contributed by atoms with van der Waals surface area (Å²) in [7, 11) is 0. The lowest BCUT2D eigenvalue weighted by atomic mass is 9.95. The predicted octanol–water partition coefficient (Wildman–Crippen LogP) is 5.41. The molecule has 0 radical (unpaired) electrons. The first kappa shape index (κ1) is 13.9. The van der Waals surface area contributed by atoms with Crippen molar-refractivity contribution in [3.8, 4) is 0 Å². The average molecular weight is 255 g/mol. The van der Waals surface area contributed by atoms with Crippen molar-refractivity contribution >= 4 is 11.3 Å². The van der Waals surface area contributed by atoms with Gasteiger partial charge in [0.1, 0.15) is 0 Å². The van der Waals surface area contributed by atoms with Crippen molar-refractivity contribution in [1.82, 2.24) is 0 Å². The lowest BCUT2D eigenvalue weighted by Crippen LogP contribution is -2.26. The molecular weight excluding hydrogens is 230 g/mol. The van der Waals surface area contributed by atoms with Crippen LogP contribution in [-0.4, -0.2) is 5.54 Å². The minimum absolute atomic E-state index is 0.0792. The van der Waals surface area contributed by atoms with Gasteiger partial charge in [-0.15, -0.1) is 0 Å². The van der Waals surface area contributed by atoms with Crippen LogP contribution < -0.4 is 5.32 Å². The third-order valence-corrected chi connectivity index (χ3v) is 3.68. The van der Waals surface area contributed by atoms with E-state index in [1.807, 2.05) is 0 Å². The van der Waals surface area contributed by atoms with E-state index in [-0.39, 0.29) is 5.54 Å². The van der Waals surface area contributed by atoms with E-state index in [0.717, 1.165) is 6.42 Å². The molecule has 0 amide bonds. The van der Waals surface area contributed by atoms with Gasteiger partial charge < -0.3 is 5.32 Å². The fraction of sp³-hybridized carbons (Fsp3) is 0.444. The van der Waals surface area contributed by atoms with E-state index in [0.29, 0.717) is 0 Å². The molecule has 0 heterocycles. The van der Waals surface area contributed by atoms with Crippen LogP contribution in [0.3, 0.4) is 0 Å². The minimum atomic E-state index is 0.0792. The first-order valence-corrected chi connectivity index (χ1v) is 7.03. The van der Waals surface area contributed by atoms with Gasteiger partial charge in [-0.1, -0.05) is 29.3 Å². The second kappa shape index (κ2) is 4.88. The van der Waals surface area contributed by atoms with Gasteiger partial charge in [-0.2, -0.15) is 0 Å². The molecule has 0 saturated carbocycles. The second-order valence-electron chi connectivity index (χ2n) is 6.66. The Labute approximate surface area is 117 Å². The molecule has 2 rings (SSSR count). The topological polar surface area (TPSA) is 12.0 Å². The van der Waals surface area contributed by atoms with Crippen molar-refractivity contribution in [1.29, 1.82) is 0 Å². The van der Waals surface area contributed by atoms with Crippen molar-refractivity contribution in [2.45, 2.75) is 53.5 Å². The average Bonchev–Trinajstić information content (AvgIpc) is 2.52. The fourth-order valence-electron chi connectivity index (χ4n) is 2.80. The summed E-state index contributed by atoms with van der Waals surface area (Å²) in [6.45, 7) is 13.3. The van der Waals surface area contributed by atoms with Crippen LogP contribution in [-0.2, 0) is 0 Å². The van der Waals surface area contributed by atoms with Crippen LogP contribution in [0.15, 0.2) is 41.0 Å². The van der Waals surface area contributed by atoms with E-state index in [1.54, 1.807) is 0 Å². The summed E-state index contributed by atoms with van der Waals surface area (Å²) in [5, 5.41) is 3.63. The Morgan fingerprint density at radius 2 is 1.58 bits per heavy atom. The molecule has 0 fully saturated rings. The number of anilines is 1. The maximum absolute atomic E-state index is 3.63. The van der Waals surface area contributed by atoms with Gasteiger partial charge in [-0.25, -0.2) is 0 Å². The van der Waals surface area contributed by atoms with Gasteiger partial charge in [-0.3, -0.25) is 0 Å². The SMILES string of the molecule is CC1=C(C)C(c2ccccc2NC(C)(C)C)=C(C)C1. The summed E-state index contributed by atoms with van der Waals surface area (Å²) < 4.78 is 0. The van der Waals surface area contributed by atoms with Gasteiger partial charge >= 0.3 is 0 Å². The van der Waals surface area contributed by atoms with Gasteiger partial charge in [0, 0.05) is 16.8 Å². The Bertz CT molecular complexity index is 553. The molecule has 1 aliphatic rings. The Kier molecular flexibility index (Phi) is 3.58. The summed E-state index contributed by atoms with van der Waals surface area (Å²) in [6.07, 6.45) is 1.12. The highest BCUT2D eigenvalue weighted by Gasteiger charge is 2.21. The van der Waals surface area contributed by atoms with Crippen molar-refractivity contribution in [3.05, 3.63) is 46.5 Å². The van der Waals surface area contributed by atoms with E-state index >= 15 is 0 Å². The Hall–Kier alpha value is -1.50. The maximum atomic E-state index is 3.63. The third-order valence-electron chi connectivity index (χ3n) is 3.68. The number of allylic oxidation sites excluding steroid dienone is 4. The smallest absolute Gasteiger partial charge is 0.0423 e. The van der Waals surface area contributed by atoms with E-state index < -0.39 is 0 Å². The number of para-hydroxylation sites is 1. The monoisotopic (exact) mass is 255 g/mol. The lowest BCUT2D eigenvalue weighted by molar-refractivity contribution is 0.634. The van der Waals surface area contributed by atoms with Gasteiger partial charge in [0.2, 0.25) is 0 Å². The molecule has 0 aliphatic heterocycles. The summed E-state index contributed by atoms with van der Waals surface area (Å²) >= 11 is 0. The lowest BCUT2D eigenvalue weighted by Gasteiger charge is -2.25. The van der Waals surface area contributed by atoms with E-state index in [4.69, 9.17) is 0 Å². The zero-order valence-corrected chi connectivity index (χ0v) is 13.0. The predicted molar refractivity (Wildman–Crippen MR) is 85.4 cm³/mol. The van der Waals surface area contributed by atoms with Crippen LogP contribution >= 0.6 is 0 Å². The molecule has 0 unspecified atom stereocenters. The van der Waals surface area contributed by atoms with Gasteiger partial charge in [0.15, 0.2) is 0 Å². The number of rotatable bonds is 2. The second-order valence-corrected chi connectivity index (χ2v) is 6.66. The van der Waals surface area contributed by atoms with Gasteiger partial charge in [0.25, 0.3) is 0 Å². The van der Waals surface area contributed by atoms with Crippen LogP contribution in [0.1, 0.15) is 53.5 Å². The first-order valence-electron chi connectivity index (χ1n) is 7.03. The highest BCUT2D eigenvalue weighted by atomic mass is 15.0. The quantitative estimate of drug-likeness (QED) is 0.745. The molecule has 0 bridgehead atoms. The number of hydrogen-bond acceptors (Lipinski definition) is 1. The number of hydrogen-bond donors (Lipinski definition) is 1. The number of nitrogens with one attached hydrogen (secondary N) is 1. The molecule has 1 N–H and O–H groups in total. The maximum Gasteiger partial charge on any atom is 0.0423 e. The largest absolute Gasteiger partial charge is 0.380 e. The molecule has 19 heavy (non-hydrogen) atoms.